The van der Waals surface area contributed by atoms with Crippen molar-refractivity contribution in [2.45, 2.75) is 50.9 Å². The molecule has 1 N–H and O–H groups in total. The minimum atomic E-state index is -0.118. The highest BCUT2D eigenvalue weighted by Gasteiger charge is 2.45. The highest BCUT2D eigenvalue weighted by Crippen LogP contribution is 2.56. The Balaban J connectivity index is 1.61. The van der Waals surface area contributed by atoms with Crippen molar-refractivity contribution in [2.75, 3.05) is 13.1 Å². The number of benzene rings is 1. The summed E-state index contributed by atoms with van der Waals surface area (Å²) >= 11 is 0. The normalized spacial score (nSPS) is 23.9. The van der Waals surface area contributed by atoms with Crippen LogP contribution in [0.5, 0.6) is 0 Å². The van der Waals surface area contributed by atoms with Gasteiger partial charge >= 0.3 is 0 Å². The number of aromatic amines is 1. The van der Waals surface area contributed by atoms with Gasteiger partial charge in [-0.2, -0.15) is 0 Å². The SMILES string of the molecule is C=CC(=O)N1CCC[C@H](c2c(F)ccc3[nH]c4c(c23)CC2(CC4)CC2)C1. The fourth-order valence-corrected chi connectivity index (χ4v) is 5.22. The molecule has 1 saturated heterocycles. The summed E-state index contributed by atoms with van der Waals surface area (Å²) in [5.41, 5.74) is 5.04. The number of fused-ring (bicyclic) bond motifs is 3. The van der Waals surface area contributed by atoms with Crippen molar-refractivity contribution >= 4 is 16.8 Å². The van der Waals surface area contributed by atoms with Gasteiger partial charge in [0.1, 0.15) is 5.82 Å². The van der Waals surface area contributed by atoms with Crippen molar-refractivity contribution in [3.8, 4) is 0 Å². The largest absolute Gasteiger partial charge is 0.358 e. The summed E-state index contributed by atoms with van der Waals surface area (Å²) in [6.45, 7) is 4.94. The number of aromatic nitrogens is 1. The molecule has 1 atom stereocenters. The molecule has 2 aromatic rings. The average molecular weight is 352 g/mol. The van der Waals surface area contributed by atoms with Crippen LogP contribution in [0.25, 0.3) is 10.9 Å². The van der Waals surface area contributed by atoms with Crippen LogP contribution < -0.4 is 0 Å². The van der Waals surface area contributed by atoms with Crippen LogP contribution in [0.4, 0.5) is 4.39 Å². The van der Waals surface area contributed by atoms with Gasteiger partial charge in [0.05, 0.1) is 0 Å². The molecule has 1 aliphatic heterocycles. The number of rotatable bonds is 2. The van der Waals surface area contributed by atoms with Gasteiger partial charge in [0, 0.05) is 41.2 Å². The van der Waals surface area contributed by atoms with Crippen molar-refractivity contribution < 1.29 is 9.18 Å². The van der Waals surface area contributed by atoms with Gasteiger partial charge in [-0.3, -0.25) is 4.79 Å². The van der Waals surface area contributed by atoms with Gasteiger partial charge in [0.15, 0.2) is 0 Å². The van der Waals surface area contributed by atoms with E-state index in [9.17, 15) is 4.79 Å². The van der Waals surface area contributed by atoms with Crippen LogP contribution >= 0.6 is 0 Å². The summed E-state index contributed by atoms with van der Waals surface area (Å²) in [6, 6.07) is 3.49. The van der Waals surface area contributed by atoms with Gasteiger partial charge < -0.3 is 9.88 Å². The standard InChI is InChI=1S/C22H25FN2O/c1-2-19(26)25-11-3-4-14(13-25)20-16(23)5-6-18-21(20)15-12-22(9-10-22)8-7-17(15)24-18/h2,5-6,14,24H,1,3-4,7-13H2/t14-/m0/s1. The van der Waals surface area contributed by atoms with E-state index in [0.29, 0.717) is 12.0 Å². The predicted molar refractivity (Wildman–Crippen MR) is 101 cm³/mol. The Morgan fingerprint density at radius 2 is 2.19 bits per heavy atom. The summed E-state index contributed by atoms with van der Waals surface area (Å²) in [7, 11) is 0. The van der Waals surface area contributed by atoms with Crippen LogP contribution in [0.3, 0.4) is 0 Å². The highest BCUT2D eigenvalue weighted by atomic mass is 19.1. The highest BCUT2D eigenvalue weighted by molar-refractivity contribution is 5.90. The van der Waals surface area contributed by atoms with Crippen molar-refractivity contribution in [2.24, 2.45) is 5.41 Å². The third kappa shape index (κ3) is 2.42. The third-order valence-corrected chi connectivity index (χ3v) is 6.87. The maximum Gasteiger partial charge on any atom is 0.245 e. The lowest BCUT2D eigenvalue weighted by molar-refractivity contribution is -0.127. The number of amides is 1. The lowest BCUT2D eigenvalue weighted by Gasteiger charge is -2.33. The molecule has 1 aromatic carbocycles. The van der Waals surface area contributed by atoms with Gasteiger partial charge in [-0.1, -0.05) is 6.58 Å². The van der Waals surface area contributed by atoms with Crippen molar-refractivity contribution in [1.29, 1.82) is 0 Å². The first kappa shape index (κ1) is 16.1. The maximum atomic E-state index is 15.0. The number of nitrogens with zero attached hydrogens (tertiary/aromatic N) is 1. The number of piperidine rings is 1. The lowest BCUT2D eigenvalue weighted by Crippen LogP contribution is -2.38. The van der Waals surface area contributed by atoms with Gasteiger partial charge in [0.2, 0.25) is 5.91 Å². The summed E-state index contributed by atoms with van der Waals surface area (Å²) in [5.74, 6) is -0.101. The number of H-pyrrole nitrogens is 1. The molecule has 3 nitrogen and oxygen atoms in total. The molecule has 1 aromatic heterocycles. The van der Waals surface area contributed by atoms with Crippen molar-refractivity contribution in [3.63, 3.8) is 0 Å². The van der Waals surface area contributed by atoms with E-state index in [-0.39, 0.29) is 17.6 Å². The number of carbonyl (C=O) groups excluding carboxylic acids is 1. The van der Waals surface area contributed by atoms with E-state index in [1.54, 1.807) is 6.07 Å². The van der Waals surface area contributed by atoms with Crippen LogP contribution in [0.15, 0.2) is 24.8 Å². The second kappa shape index (κ2) is 5.70. The maximum absolute atomic E-state index is 15.0. The molecule has 0 bridgehead atoms. The summed E-state index contributed by atoms with van der Waals surface area (Å²) in [5, 5.41) is 1.11. The fraction of sp³-hybridized carbons (Fsp3) is 0.500. The average Bonchev–Trinajstić information content (AvgIpc) is 3.32. The number of halogens is 1. The van der Waals surface area contributed by atoms with Crippen LogP contribution in [0, 0.1) is 11.2 Å². The molecular formula is C22H25FN2O. The molecule has 0 radical (unpaired) electrons. The Morgan fingerprint density at radius 1 is 1.35 bits per heavy atom. The smallest absolute Gasteiger partial charge is 0.245 e. The minimum Gasteiger partial charge on any atom is -0.358 e. The first-order valence-corrected chi connectivity index (χ1v) is 9.83. The van der Waals surface area contributed by atoms with Crippen molar-refractivity contribution in [3.05, 3.63) is 47.4 Å². The molecule has 0 unspecified atom stereocenters. The molecule has 5 rings (SSSR count). The molecule has 1 spiro atoms. The molecule has 2 aliphatic carbocycles. The van der Waals surface area contributed by atoms with E-state index in [0.717, 1.165) is 48.7 Å². The Morgan fingerprint density at radius 3 is 2.96 bits per heavy atom. The molecule has 2 heterocycles. The first-order valence-electron chi connectivity index (χ1n) is 9.83. The van der Waals surface area contributed by atoms with E-state index >= 15 is 4.39 Å². The van der Waals surface area contributed by atoms with Gasteiger partial charge in [-0.15, -0.1) is 0 Å². The predicted octanol–water partition coefficient (Wildman–Crippen LogP) is 4.47. The van der Waals surface area contributed by atoms with Crippen LogP contribution in [0.2, 0.25) is 0 Å². The number of nitrogens with one attached hydrogen (secondary N) is 1. The van der Waals surface area contributed by atoms with E-state index in [1.807, 2.05) is 11.0 Å². The number of carbonyl (C=O) groups is 1. The summed E-state index contributed by atoms with van der Waals surface area (Å²) < 4.78 is 15.0. The van der Waals surface area contributed by atoms with E-state index in [1.165, 1.54) is 36.6 Å². The number of hydrogen-bond donors (Lipinski definition) is 1. The molecule has 3 aliphatic rings. The topological polar surface area (TPSA) is 36.1 Å². The molecule has 1 saturated carbocycles. The monoisotopic (exact) mass is 352 g/mol. The Kier molecular flexibility index (Phi) is 3.53. The Bertz CT molecular complexity index is 908. The van der Waals surface area contributed by atoms with Gasteiger partial charge in [-0.05, 0) is 74.1 Å². The van der Waals surface area contributed by atoms with E-state index in [4.69, 9.17) is 0 Å². The molecule has 26 heavy (non-hydrogen) atoms. The van der Waals surface area contributed by atoms with Gasteiger partial charge in [0.25, 0.3) is 0 Å². The van der Waals surface area contributed by atoms with E-state index < -0.39 is 0 Å². The third-order valence-electron chi connectivity index (χ3n) is 6.87. The zero-order valence-corrected chi connectivity index (χ0v) is 15.1. The molecule has 2 fully saturated rings. The van der Waals surface area contributed by atoms with Crippen LogP contribution in [-0.2, 0) is 17.6 Å². The Hall–Kier alpha value is -2.10. The quantitative estimate of drug-likeness (QED) is 0.796. The first-order chi connectivity index (χ1) is 12.6. The number of hydrogen-bond acceptors (Lipinski definition) is 1. The molecular weight excluding hydrogens is 327 g/mol. The second-order valence-electron chi connectivity index (χ2n) is 8.47. The summed E-state index contributed by atoms with van der Waals surface area (Å²) in [6.07, 6.45) is 9.27. The molecule has 4 heteroatoms. The fourth-order valence-electron chi connectivity index (χ4n) is 5.22. The number of aryl methyl sites for hydroxylation is 1. The van der Waals surface area contributed by atoms with Crippen LogP contribution in [0.1, 0.15) is 54.8 Å². The summed E-state index contributed by atoms with van der Waals surface area (Å²) in [4.78, 5) is 17.5. The zero-order chi connectivity index (χ0) is 17.9. The minimum absolute atomic E-state index is 0.0460. The van der Waals surface area contributed by atoms with E-state index in [2.05, 4.69) is 11.6 Å². The lowest BCUT2D eigenvalue weighted by atomic mass is 9.80. The molecule has 1 amide bonds. The number of likely N-dealkylation sites (tertiary alicyclic amines) is 1. The van der Waals surface area contributed by atoms with Crippen molar-refractivity contribution in [1.82, 2.24) is 9.88 Å². The van der Waals surface area contributed by atoms with Gasteiger partial charge in [-0.25, -0.2) is 4.39 Å². The second-order valence-corrected chi connectivity index (χ2v) is 8.47. The zero-order valence-electron chi connectivity index (χ0n) is 15.1. The molecule has 136 valence electrons. The van der Waals surface area contributed by atoms with Crippen LogP contribution in [-0.4, -0.2) is 28.9 Å². The Labute approximate surface area is 153 Å².